The lowest BCUT2D eigenvalue weighted by atomic mass is 9.89. The number of allylic oxidation sites excluding steroid dienone is 1. The highest BCUT2D eigenvalue weighted by Crippen LogP contribution is 2.33. The molecule has 0 unspecified atom stereocenters. The minimum Gasteiger partial charge on any atom is -0.506 e. The topological polar surface area (TPSA) is 107 Å². The molecule has 32 heavy (non-hydrogen) atoms. The van der Waals surface area contributed by atoms with Crippen LogP contribution in [0.15, 0.2) is 22.5 Å². The van der Waals surface area contributed by atoms with Gasteiger partial charge < -0.3 is 5.11 Å². The molecule has 0 spiro atoms. The van der Waals surface area contributed by atoms with Crippen LogP contribution in [-0.4, -0.2) is 36.0 Å². The first-order valence-corrected chi connectivity index (χ1v) is 9.37. The molecule has 0 amide bonds. The van der Waals surface area contributed by atoms with Gasteiger partial charge in [-0.15, -0.1) is 5.10 Å². The maximum Gasteiger partial charge on any atom is 0.451 e. The predicted octanol–water partition coefficient (Wildman–Crippen LogP) is 2.92. The van der Waals surface area contributed by atoms with E-state index in [0.717, 1.165) is 13.1 Å². The Bertz CT molecular complexity index is 1180. The molecule has 1 fully saturated rings. The van der Waals surface area contributed by atoms with Crippen LogP contribution < -0.4 is 5.69 Å². The average molecular weight is 481 g/mol. The van der Waals surface area contributed by atoms with E-state index < -0.39 is 69.5 Å². The zero-order valence-corrected chi connectivity index (χ0v) is 17.0. The van der Waals surface area contributed by atoms with Crippen LogP contribution in [0.2, 0.25) is 0 Å². The van der Waals surface area contributed by atoms with E-state index in [0.29, 0.717) is 10.7 Å². The van der Waals surface area contributed by atoms with Crippen LogP contribution in [0.25, 0.3) is 5.76 Å². The van der Waals surface area contributed by atoms with Gasteiger partial charge in [-0.3, -0.25) is 14.2 Å². The predicted molar refractivity (Wildman–Crippen MR) is 99.0 cm³/mol. The van der Waals surface area contributed by atoms with Crippen molar-refractivity contribution in [2.75, 3.05) is 0 Å². The van der Waals surface area contributed by atoms with Gasteiger partial charge in [0.1, 0.15) is 17.0 Å². The highest BCUT2D eigenvalue weighted by molar-refractivity contribution is 6.25. The summed E-state index contributed by atoms with van der Waals surface area (Å²) in [5, 5.41) is 9.75. The summed E-state index contributed by atoms with van der Waals surface area (Å²) < 4.78 is 66.8. The van der Waals surface area contributed by atoms with E-state index in [4.69, 9.17) is 11.6 Å². The number of ketones is 2. The SMILES string of the molecule is Cn1c(C(F)(F)F)nn(Cc2nc(C(F)(F)Cl)ccc2C(O)=C2C(=O)CCCC2=O)c1=O. The molecule has 2 aromatic rings. The van der Waals surface area contributed by atoms with Crippen molar-refractivity contribution in [2.45, 2.75) is 37.4 Å². The fraction of sp³-hybridized carbons (Fsp3) is 0.389. The third kappa shape index (κ3) is 4.42. The molecule has 1 saturated carbocycles. The Morgan fingerprint density at radius 3 is 2.22 bits per heavy atom. The van der Waals surface area contributed by atoms with Gasteiger partial charge in [-0.25, -0.2) is 14.5 Å². The number of aliphatic hydroxyl groups excluding tert-OH is 1. The molecule has 172 valence electrons. The molecule has 0 aliphatic heterocycles. The number of aliphatic hydroxyl groups is 1. The van der Waals surface area contributed by atoms with Gasteiger partial charge in [0.25, 0.3) is 0 Å². The zero-order valence-electron chi connectivity index (χ0n) is 16.2. The number of carbonyl (C=O) groups excluding carboxylic acids is 2. The lowest BCUT2D eigenvalue weighted by Crippen LogP contribution is -2.26. The molecule has 14 heteroatoms. The van der Waals surface area contributed by atoms with Crippen molar-refractivity contribution in [3.05, 3.63) is 51.0 Å². The summed E-state index contributed by atoms with van der Waals surface area (Å²) in [6.45, 7) is -0.890. The van der Waals surface area contributed by atoms with Gasteiger partial charge in [0.15, 0.2) is 11.6 Å². The Morgan fingerprint density at radius 2 is 1.72 bits per heavy atom. The molecule has 2 aromatic heterocycles. The Balaban J connectivity index is 2.20. The molecule has 0 atom stereocenters. The molecule has 0 aromatic carbocycles. The number of rotatable bonds is 4. The third-order valence-corrected chi connectivity index (χ3v) is 4.91. The largest absolute Gasteiger partial charge is 0.506 e. The van der Waals surface area contributed by atoms with Crippen LogP contribution in [0.1, 0.15) is 42.0 Å². The highest BCUT2D eigenvalue weighted by Gasteiger charge is 2.38. The van der Waals surface area contributed by atoms with E-state index in [1.165, 1.54) is 0 Å². The molecule has 0 bridgehead atoms. The first-order valence-electron chi connectivity index (χ1n) is 9.00. The first-order chi connectivity index (χ1) is 14.7. The lowest BCUT2D eigenvalue weighted by Gasteiger charge is -2.17. The minimum absolute atomic E-state index is 0.0413. The number of hydrogen-bond donors (Lipinski definition) is 1. The molecule has 1 aliphatic rings. The maximum atomic E-state index is 13.6. The molecule has 1 aliphatic carbocycles. The van der Waals surface area contributed by atoms with Crippen LogP contribution in [-0.2, 0) is 34.7 Å². The molecule has 3 rings (SSSR count). The van der Waals surface area contributed by atoms with Crippen molar-refractivity contribution in [1.82, 2.24) is 19.3 Å². The summed E-state index contributed by atoms with van der Waals surface area (Å²) in [6, 6.07) is 1.59. The van der Waals surface area contributed by atoms with Crippen molar-refractivity contribution < 1.29 is 36.6 Å². The molecule has 1 N–H and O–H groups in total. The van der Waals surface area contributed by atoms with Crippen molar-refractivity contribution >= 4 is 28.9 Å². The molecule has 2 heterocycles. The number of carbonyl (C=O) groups is 2. The Hall–Kier alpha value is -3.09. The van der Waals surface area contributed by atoms with Gasteiger partial charge in [0.05, 0.1) is 12.2 Å². The van der Waals surface area contributed by atoms with E-state index >= 15 is 0 Å². The Labute approximate surface area is 180 Å². The van der Waals surface area contributed by atoms with E-state index in [2.05, 4.69) is 10.1 Å². The smallest absolute Gasteiger partial charge is 0.451 e. The lowest BCUT2D eigenvalue weighted by molar-refractivity contribution is -0.147. The Morgan fingerprint density at radius 1 is 1.12 bits per heavy atom. The van der Waals surface area contributed by atoms with Crippen molar-refractivity contribution in [3.63, 3.8) is 0 Å². The molecular formula is C18H14ClF5N4O4. The van der Waals surface area contributed by atoms with Crippen LogP contribution >= 0.6 is 11.6 Å². The van der Waals surface area contributed by atoms with Gasteiger partial charge in [-0.2, -0.15) is 22.0 Å². The molecule has 0 saturated heterocycles. The van der Waals surface area contributed by atoms with Crippen LogP contribution in [0.4, 0.5) is 22.0 Å². The number of aromatic nitrogens is 4. The van der Waals surface area contributed by atoms with E-state index in [-0.39, 0.29) is 23.8 Å². The zero-order chi connectivity index (χ0) is 24.0. The number of hydrogen-bond acceptors (Lipinski definition) is 6. The number of pyridine rings is 1. The monoisotopic (exact) mass is 480 g/mol. The van der Waals surface area contributed by atoms with Gasteiger partial charge >= 0.3 is 17.2 Å². The summed E-state index contributed by atoms with van der Waals surface area (Å²) in [5.41, 5.74) is -3.80. The summed E-state index contributed by atoms with van der Waals surface area (Å²) in [4.78, 5) is 40.0. The number of alkyl halides is 6. The summed E-state index contributed by atoms with van der Waals surface area (Å²) >= 11 is 4.97. The van der Waals surface area contributed by atoms with E-state index in [9.17, 15) is 41.4 Å². The van der Waals surface area contributed by atoms with E-state index in [1.807, 2.05) is 0 Å². The molecule has 0 radical (unpaired) electrons. The second-order valence-corrected chi connectivity index (χ2v) is 7.41. The van der Waals surface area contributed by atoms with Gasteiger partial charge in [0.2, 0.25) is 5.82 Å². The maximum absolute atomic E-state index is 13.6. The quantitative estimate of drug-likeness (QED) is 0.237. The summed E-state index contributed by atoms with van der Waals surface area (Å²) in [6.07, 6.45) is -4.80. The number of halogens is 6. The standard InChI is InChI=1S/C18H14ClF5N4O4/c1-27-15(18(22,23)24)26-28(16(27)32)7-9-8(5-6-12(25-9)17(19,20)21)14(31)13-10(29)3-2-4-11(13)30/h5-6,31H,2-4,7H2,1H3. The fourth-order valence-electron chi connectivity index (χ4n) is 3.19. The van der Waals surface area contributed by atoms with Crippen LogP contribution in [0.3, 0.4) is 0 Å². The Kier molecular flexibility index (Phi) is 5.98. The van der Waals surface area contributed by atoms with Gasteiger partial charge in [-0.05, 0) is 30.2 Å². The second-order valence-electron chi connectivity index (χ2n) is 6.93. The van der Waals surface area contributed by atoms with Gasteiger partial charge in [0, 0.05) is 25.5 Å². The summed E-state index contributed by atoms with van der Waals surface area (Å²) in [7, 11) is 0.811. The summed E-state index contributed by atoms with van der Waals surface area (Å²) in [5.74, 6) is -3.81. The second kappa shape index (κ2) is 8.11. The number of Topliss-reactive ketones (excluding diaryl/α,β-unsaturated/α-hetero) is 2. The van der Waals surface area contributed by atoms with Crippen molar-refractivity contribution in [2.24, 2.45) is 7.05 Å². The van der Waals surface area contributed by atoms with Crippen LogP contribution in [0.5, 0.6) is 0 Å². The van der Waals surface area contributed by atoms with Gasteiger partial charge in [-0.1, -0.05) is 0 Å². The molecular weight excluding hydrogens is 467 g/mol. The average Bonchev–Trinajstić information content (AvgIpc) is 2.95. The van der Waals surface area contributed by atoms with Crippen LogP contribution in [0, 0.1) is 0 Å². The minimum atomic E-state index is -4.98. The van der Waals surface area contributed by atoms with Crippen molar-refractivity contribution in [1.29, 1.82) is 0 Å². The van der Waals surface area contributed by atoms with E-state index in [1.54, 1.807) is 0 Å². The first kappa shape index (κ1) is 23.6. The normalized spacial score (nSPS) is 15.4. The molecule has 8 nitrogen and oxygen atoms in total. The highest BCUT2D eigenvalue weighted by atomic mass is 35.5. The fourth-order valence-corrected chi connectivity index (χ4v) is 3.29. The number of nitrogens with zero attached hydrogens (tertiary/aromatic N) is 4. The van der Waals surface area contributed by atoms with Crippen molar-refractivity contribution in [3.8, 4) is 0 Å². The third-order valence-electron chi connectivity index (χ3n) is 4.72.